The van der Waals surface area contributed by atoms with Gasteiger partial charge in [0.05, 0.1) is 11.3 Å². The highest BCUT2D eigenvalue weighted by Crippen LogP contribution is 2.24. The molecule has 28 heavy (non-hydrogen) atoms. The number of anilines is 1. The van der Waals surface area contributed by atoms with Crippen molar-refractivity contribution in [3.63, 3.8) is 0 Å². The molecule has 0 radical (unpaired) electrons. The molecule has 2 aromatic carbocycles. The van der Waals surface area contributed by atoms with Crippen molar-refractivity contribution in [3.8, 4) is 0 Å². The Balaban J connectivity index is 1.82. The monoisotopic (exact) mass is 410 g/mol. The normalized spacial score (nSPS) is 11.5. The molecule has 0 spiro atoms. The summed E-state index contributed by atoms with van der Waals surface area (Å²) in [6.45, 7) is 1.34. The second kappa shape index (κ2) is 9.79. The van der Waals surface area contributed by atoms with Gasteiger partial charge in [-0.2, -0.15) is 0 Å². The summed E-state index contributed by atoms with van der Waals surface area (Å²) in [6.07, 6.45) is -1.23. The smallest absolute Gasteiger partial charge is 0.307 e. The third-order valence-electron chi connectivity index (χ3n) is 3.50. The Bertz CT molecular complexity index is 894. The number of benzene rings is 2. The molecule has 1 N–H and O–H groups in total. The highest BCUT2D eigenvalue weighted by molar-refractivity contribution is 7.99. The molecule has 0 heterocycles. The van der Waals surface area contributed by atoms with Crippen molar-refractivity contribution in [1.29, 1.82) is 0 Å². The van der Waals surface area contributed by atoms with Crippen LogP contribution in [0.25, 0.3) is 0 Å². The zero-order chi connectivity index (χ0) is 20.7. The van der Waals surface area contributed by atoms with E-state index in [1.54, 1.807) is 0 Å². The fourth-order valence-electron chi connectivity index (χ4n) is 2.10. The lowest BCUT2D eigenvalue weighted by atomic mass is 10.2. The minimum atomic E-state index is -1.17. The molecule has 10 heteroatoms. The largest absolute Gasteiger partial charge is 0.453 e. The van der Waals surface area contributed by atoms with Gasteiger partial charge >= 0.3 is 5.97 Å². The molecule has 7 nitrogen and oxygen atoms in total. The highest BCUT2D eigenvalue weighted by Gasteiger charge is 2.21. The average molecular weight is 410 g/mol. The third kappa shape index (κ3) is 6.02. The van der Waals surface area contributed by atoms with Crippen LogP contribution in [0.5, 0.6) is 0 Å². The predicted octanol–water partition coefficient (Wildman–Crippen LogP) is 3.93. The van der Waals surface area contributed by atoms with Crippen molar-refractivity contribution < 1.29 is 28.0 Å². The van der Waals surface area contributed by atoms with Gasteiger partial charge in [0.1, 0.15) is 5.69 Å². The number of carbonyl (C=O) groups excluding carboxylic acids is 2. The van der Waals surface area contributed by atoms with Gasteiger partial charge in [-0.3, -0.25) is 19.7 Å². The van der Waals surface area contributed by atoms with Crippen molar-refractivity contribution >= 4 is 35.0 Å². The molecule has 2 rings (SSSR count). The summed E-state index contributed by atoms with van der Waals surface area (Å²) < 4.78 is 31.0. The molecule has 0 fully saturated rings. The molecule has 0 saturated carbocycles. The van der Waals surface area contributed by atoms with Gasteiger partial charge in [-0.15, -0.1) is 11.8 Å². The number of nitro groups is 1. The molecule has 148 valence electrons. The maximum absolute atomic E-state index is 13.1. The molecule has 0 saturated heterocycles. The first-order valence-electron chi connectivity index (χ1n) is 8.09. The number of para-hydroxylation sites is 2. The molecule has 0 aromatic heterocycles. The van der Waals surface area contributed by atoms with Gasteiger partial charge in [-0.25, -0.2) is 8.78 Å². The third-order valence-corrected chi connectivity index (χ3v) is 4.50. The Morgan fingerprint density at radius 3 is 2.61 bits per heavy atom. The molecular weight excluding hydrogens is 394 g/mol. The Kier molecular flexibility index (Phi) is 7.44. The van der Waals surface area contributed by atoms with E-state index in [0.29, 0.717) is 4.90 Å². The van der Waals surface area contributed by atoms with Crippen LogP contribution in [0, 0.1) is 21.7 Å². The van der Waals surface area contributed by atoms with Gasteiger partial charge in [-0.05, 0) is 31.2 Å². The quantitative estimate of drug-likeness (QED) is 0.306. The summed E-state index contributed by atoms with van der Waals surface area (Å²) in [5, 5.41) is 13.3. The molecule has 0 aliphatic heterocycles. The van der Waals surface area contributed by atoms with Crippen molar-refractivity contribution in [2.45, 2.75) is 24.3 Å². The summed E-state index contributed by atoms with van der Waals surface area (Å²) in [5.74, 6) is -3.08. The van der Waals surface area contributed by atoms with E-state index in [2.05, 4.69) is 5.32 Å². The number of nitrogens with one attached hydrogen (secondary N) is 1. The van der Waals surface area contributed by atoms with Gasteiger partial charge in [0, 0.05) is 16.7 Å². The Morgan fingerprint density at radius 1 is 1.21 bits per heavy atom. The van der Waals surface area contributed by atoms with E-state index < -0.39 is 34.5 Å². The van der Waals surface area contributed by atoms with Crippen LogP contribution in [0.15, 0.2) is 47.4 Å². The molecule has 1 amide bonds. The second-order valence-electron chi connectivity index (χ2n) is 5.57. The van der Waals surface area contributed by atoms with Gasteiger partial charge in [-0.1, -0.05) is 12.1 Å². The fourth-order valence-corrected chi connectivity index (χ4v) is 2.96. The second-order valence-corrected chi connectivity index (χ2v) is 6.74. The molecule has 0 unspecified atom stereocenters. The predicted molar refractivity (Wildman–Crippen MR) is 99.0 cm³/mol. The molecular formula is C18H16F2N2O5S. The van der Waals surface area contributed by atoms with Crippen molar-refractivity contribution in [1.82, 2.24) is 0 Å². The standard InChI is InChI=1S/C18H16F2N2O5S/c1-11(18(24)21-15-4-2-3-5-16(15)22(25)26)27-17(23)8-9-28-12-6-7-13(19)14(20)10-12/h2-7,10-11H,8-9H2,1H3,(H,21,24)/t11-/m1/s1. The van der Waals surface area contributed by atoms with Crippen LogP contribution in [0.4, 0.5) is 20.2 Å². The first kappa shape index (κ1) is 21.3. The molecule has 0 aliphatic rings. The number of thioether (sulfide) groups is 1. The Morgan fingerprint density at radius 2 is 1.93 bits per heavy atom. The number of halogens is 2. The Labute approximate surface area is 163 Å². The van der Waals surface area contributed by atoms with Crippen LogP contribution < -0.4 is 5.32 Å². The van der Waals surface area contributed by atoms with Gasteiger partial charge in [0.2, 0.25) is 0 Å². The molecule has 0 bridgehead atoms. The minimum Gasteiger partial charge on any atom is -0.453 e. The zero-order valence-corrected chi connectivity index (χ0v) is 15.5. The zero-order valence-electron chi connectivity index (χ0n) is 14.7. The summed E-state index contributed by atoms with van der Waals surface area (Å²) >= 11 is 1.13. The number of nitrogens with zero attached hydrogens (tertiary/aromatic N) is 1. The average Bonchev–Trinajstić information content (AvgIpc) is 2.64. The molecule has 2 aromatic rings. The van der Waals surface area contributed by atoms with E-state index in [4.69, 9.17) is 4.74 Å². The number of hydrogen-bond donors (Lipinski definition) is 1. The van der Waals surface area contributed by atoms with E-state index in [1.807, 2.05) is 0 Å². The fraction of sp³-hybridized carbons (Fsp3) is 0.222. The van der Waals surface area contributed by atoms with E-state index >= 15 is 0 Å². The van der Waals surface area contributed by atoms with Crippen LogP contribution in [0.2, 0.25) is 0 Å². The Hall–Kier alpha value is -3.01. The van der Waals surface area contributed by atoms with Crippen LogP contribution in [0.3, 0.4) is 0 Å². The number of esters is 1. The summed E-state index contributed by atoms with van der Waals surface area (Å²) in [7, 11) is 0. The van der Waals surface area contributed by atoms with Crippen molar-refractivity contribution in [2.24, 2.45) is 0 Å². The van der Waals surface area contributed by atoms with Crippen LogP contribution >= 0.6 is 11.8 Å². The summed E-state index contributed by atoms with van der Waals surface area (Å²) in [4.78, 5) is 34.7. The number of nitro benzene ring substituents is 1. The number of amides is 1. The van der Waals surface area contributed by atoms with E-state index in [-0.39, 0.29) is 23.5 Å². The highest BCUT2D eigenvalue weighted by atomic mass is 32.2. The van der Waals surface area contributed by atoms with E-state index in [1.165, 1.54) is 37.3 Å². The van der Waals surface area contributed by atoms with E-state index in [9.17, 15) is 28.5 Å². The number of carbonyl (C=O) groups is 2. The first-order valence-corrected chi connectivity index (χ1v) is 9.08. The van der Waals surface area contributed by atoms with Gasteiger partial charge in [0.15, 0.2) is 17.7 Å². The van der Waals surface area contributed by atoms with Crippen LogP contribution in [-0.2, 0) is 14.3 Å². The SMILES string of the molecule is C[C@@H](OC(=O)CCSc1ccc(F)c(F)c1)C(=O)Nc1ccccc1[N+](=O)[O-]. The summed E-state index contributed by atoms with van der Waals surface area (Å²) in [6, 6.07) is 8.98. The van der Waals surface area contributed by atoms with Gasteiger partial charge < -0.3 is 10.1 Å². The lowest BCUT2D eigenvalue weighted by Gasteiger charge is -2.13. The number of rotatable bonds is 8. The maximum atomic E-state index is 13.1. The number of ether oxygens (including phenoxy) is 1. The summed E-state index contributed by atoms with van der Waals surface area (Å²) in [5.41, 5.74) is -0.286. The van der Waals surface area contributed by atoms with Gasteiger partial charge in [0.25, 0.3) is 11.6 Å². The van der Waals surface area contributed by atoms with Crippen LogP contribution in [0.1, 0.15) is 13.3 Å². The molecule has 0 aliphatic carbocycles. The van der Waals surface area contributed by atoms with Crippen molar-refractivity contribution in [2.75, 3.05) is 11.1 Å². The maximum Gasteiger partial charge on any atom is 0.307 e. The lowest BCUT2D eigenvalue weighted by Crippen LogP contribution is -2.30. The number of hydrogen-bond acceptors (Lipinski definition) is 6. The topological polar surface area (TPSA) is 98.5 Å². The lowest BCUT2D eigenvalue weighted by molar-refractivity contribution is -0.383. The van der Waals surface area contributed by atoms with E-state index in [0.717, 1.165) is 23.9 Å². The minimum absolute atomic E-state index is 0.00529. The van der Waals surface area contributed by atoms with Crippen LogP contribution in [-0.4, -0.2) is 28.7 Å². The molecule has 1 atom stereocenters. The first-order chi connectivity index (χ1) is 13.3. The van der Waals surface area contributed by atoms with Crippen molar-refractivity contribution in [3.05, 3.63) is 64.2 Å².